The van der Waals surface area contributed by atoms with Crippen molar-refractivity contribution in [1.82, 2.24) is 4.90 Å². The largest absolute Gasteiger partial charge is 0.416 e. The van der Waals surface area contributed by atoms with Gasteiger partial charge in [-0.1, -0.05) is 42.5 Å². The fourth-order valence-corrected chi connectivity index (χ4v) is 2.66. The molecule has 1 atom stereocenters. The van der Waals surface area contributed by atoms with Crippen LogP contribution in [-0.4, -0.2) is 31.3 Å². The van der Waals surface area contributed by atoms with Crippen LogP contribution in [0.1, 0.15) is 21.5 Å². The number of halogens is 3. The van der Waals surface area contributed by atoms with Gasteiger partial charge in [0.2, 0.25) is 0 Å². The Morgan fingerprint density at radius 3 is 2.29 bits per heavy atom. The van der Waals surface area contributed by atoms with E-state index in [-0.39, 0.29) is 11.3 Å². The number of ketones is 1. The minimum absolute atomic E-state index is 0.104. The van der Waals surface area contributed by atoms with Crippen LogP contribution in [0.3, 0.4) is 0 Å². The molecule has 1 unspecified atom stereocenters. The molecule has 0 spiro atoms. The molecule has 0 amide bonds. The van der Waals surface area contributed by atoms with Crippen LogP contribution in [0.15, 0.2) is 54.6 Å². The minimum atomic E-state index is -4.45. The van der Waals surface area contributed by atoms with Crippen LogP contribution in [0, 0.1) is 5.92 Å². The molecule has 0 radical (unpaired) electrons. The van der Waals surface area contributed by atoms with Crippen molar-refractivity contribution in [1.29, 1.82) is 0 Å². The highest BCUT2D eigenvalue weighted by atomic mass is 19.4. The molecule has 0 saturated heterocycles. The molecule has 0 aromatic heterocycles. The van der Waals surface area contributed by atoms with E-state index in [0.29, 0.717) is 13.0 Å². The number of benzene rings is 2. The van der Waals surface area contributed by atoms with Crippen LogP contribution in [-0.2, 0) is 12.6 Å². The SMILES string of the molecule is CN(C)CC(Cc1ccccc1)C(=O)c1cccc(C(F)(F)F)c1. The maximum absolute atomic E-state index is 12.9. The highest BCUT2D eigenvalue weighted by Gasteiger charge is 2.31. The van der Waals surface area contributed by atoms with Crippen LogP contribution in [0.4, 0.5) is 13.2 Å². The molecule has 0 aliphatic carbocycles. The Kier molecular flexibility index (Phi) is 5.78. The Bertz CT molecular complexity index is 681. The maximum atomic E-state index is 12.9. The van der Waals surface area contributed by atoms with Gasteiger partial charge in [-0.3, -0.25) is 4.79 Å². The number of carbonyl (C=O) groups excluding carboxylic acids is 1. The first-order valence-electron chi connectivity index (χ1n) is 7.67. The summed E-state index contributed by atoms with van der Waals surface area (Å²) in [7, 11) is 3.69. The highest BCUT2D eigenvalue weighted by Crippen LogP contribution is 2.30. The number of hydrogen-bond donors (Lipinski definition) is 0. The molecule has 2 aromatic rings. The van der Waals surface area contributed by atoms with Gasteiger partial charge in [-0.25, -0.2) is 0 Å². The molecule has 2 aromatic carbocycles. The van der Waals surface area contributed by atoms with Gasteiger partial charge >= 0.3 is 6.18 Å². The third kappa shape index (κ3) is 4.93. The van der Waals surface area contributed by atoms with Crippen LogP contribution in [0.25, 0.3) is 0 Å². The Labute approximate surface area is 139 Å². The lowest BCUT2D eigenvalue weighted by atomic mass is 9.90. The van der Waals surface area contributed by atoms with Crippen LogP contribution in [0.5, 0.6) is 0 Å². The lowest BCUT2D eigenvalue weighted by molar-refractivity contribution is -0.137. The number of rotatable bonds is 6. The molecule has 2 rings (SSSR count). The summed E-state index contributed by atoms with van der Waals surface area (Å²) in [5.74, 6) is -0.662. The molecule has 0 heterocycles. The van der Waals surface area contributed by atoms with Crippen LogP contribution >= 0.6 is 0 Å². The van der Waals surface area contributed by atoms with E-state index in [1.165, 1.54) is 12.1 Å². The molecule has 0 fully saturated rings. The second-order valence-corrected chi connectivity index (χ2v) is 6.09. The van der Waals surface area contributed by atoms with Crippen molar-refractivity contribution in [3.05, 3.63) is 71.3 Å². The normalized spacial score (nSPS) is 13.1. The summed E-state index contributed by atoms with van der Waals surface area (Å²) < 4.78 is 38.6. The first-order chi connectivity index (χ1) is 11.3. The monoisotopic (exact) mass is 335 g/mol. The first-order valence-corrected chi connectivity index (χ1v) is 7.67. The van der Waals surface area contributed by atoms with E-state index in [1.54, 1.807) is 0 Å². The van der Waals surface area contributed by atoms with Crippen molar-refractivity contribution in [2.75, 3.05) is 20.6 Å². The van der Waals surface area contributed by atoms with E-state index in [0.717, 1.165) is 17.7 Å². The van der Waals surface area contributed by atoms with E-state index in [4.69, 9.17) is 0 Å². The molecule has 24 heavy (non-hydrogen) atoms. The van der Waals surface area contributed by atoms with Crippen LogP contribution < -0.4 is 0 Å². The number of Topliss-reactive ketones (excluding diaryl/α,β-unsaturated/α-hetero) is 1. The molecule has 0 aliphatic heterocycles. The Morgan fingerprint density at radius 1 is 1.04 bits per heavy atom. The van der Waals surface area contributed by atoms with Gasteiger partial charge in [0.25, 0.3) is 0 Å². The lowest BCUT2D eigenvalue weighted by Gasteiger charge is -2.20. The average Bonchev–Trinajstić information content (AvgIpc) is 2.53. The van der Waals surface area contributed by atoms with E-state index < -0.39 is 17.7 Å². The zero-order valence-electron chi connectivity index (χ0n) is 13.7. The zero-order chi connectivity index (χ0) is 17.7. The third-order valence-corrected chi connectivity index (χ3v) is 3.76. The predicted molar refractivity (Wildman–Crippen MR) is 88.0 cm³/mol. The van der Waals surface area contributed by atoms with Gasteiger partial charge in [0.1, 0.15) is 0 Å². The molecule has 5 heteroatoms. The molecule has 0 N–H and O–H groups in total. The van der Waals surface area contributed by atoms with Gasteiger partial charge in [0.05, 0.1) is 5.56 Å². The molecule has 128 valence electrons. The van der Waals surface area contributed by atoms with Crippen molar-refractivity contribution < 1.29 is 18.0 Å². The van der Waals surface area contributed by atoms with E-state index in [9.17, 15) is 18.0 Å². The fraction of sp³-hybridized carbons (Fsp3) is 0.316. The van der Waals surface area contributed by atoms with E-state index in [1.807, 2.05) is 49.3 Å². The van der Waals surface area contributed by atoms with E-state index >= 15 is 0 Å². The quantitative estimate of drug-likeness (QED) is 0.733. The van der Waals surface area contributed by atoms with Crippen molar-refractivity contribution in [2.24, 2.45) is 5.92 Å². The van der Waals surface area contributed by atoms with Crippen LogP contribution in [0.2, 0.25) is 0 Å². The second-order valence-electron chi connectivity index (χ2n) is 6.09. The molecule has 0 bridgehead atoms. The standard InChI is InChI=1S/C19H20F3NO/c1-23(2)13-16(11-14-7-4-3-5-8-14)18(24)15-9-6-10-17(12-15)19(20,21)22/h3-10,12,16H,11,13H2,1-2H3. The molecule has 0 saturated carbocycles. The minimum Gasteiger partial charge on any atom is -0.309 e. The Balaban J connectivity index is 2.27. The summed E-state index contributed by atoms with van der Waals surface area (Å²) in [5, 5.41) is 0. The summed E-state index contributed by atoms with van der Waals surface area (Å²) in [6, 6.07) is 14.2. The van der Waals surface area contributed by atoms with Gasteiger partial charge in [-0.05, 0) is 38.2 Å². The van der Waals surface area contributed by atoms with Crippen molar-refractivity contribution in [3.63, 3.8) is 0 Å². The fourth-order valence-electron chi connectivity index (χ4n) is 2.66. The van der Waals surface area contributed by atoms with E-state index in [2.05, 4.69) is 0 Å². The maximum Gasteiger partial charge on any atom is 0.416 e. The summed E-state index contributed by atoms with van der Waals surface area (Å²) in [6.45, 7) is 0.476. The average molecular weight is 335 g/mol. The molecular weight excluding hydrogens is 315 g/mol. The van der Waals surface area contributed by atoms with Crippen molar-refractivity contribution in [3.8, 4) is 0 Å². The van der Waals surface area contributed by atoms with Crippen molar-refractivity contribution in [2.45, 2.75) is 12.6 Å². The molecular formula is C19H20F3NO. The third-order valence-electron chi connectivity index (χ3n) is 3.76. The van der Waals surface area contributed by atoms with Gasteiger partial charge in [-0.15, -0.1) is 0 Å². The number of carbonyl (C=O) groups is 1. The van der Waals surface area contributed by atoms with Gasteiger partial charge < -0.3 is 4.90 Å². The summed E-state index contributed by atoms with van der Waals surface area (Å²) >= 11 is 0. The summed E-state index contributed by atoms with van der Waals surface area (Å²) in [5.41, 5.74) is 0.300. The summed E-state index contributed by atoms with van der Waals surface area (Å²) in [6.07, 6.45) is -3.96. The van der Waals surface area contributed by atoms with Gasteiger partial charge in [-0.2, -0.15) is 13.2 Å². The van der Waals surface area contributed by atoms with Gasteiger partial charge in [0.15, 0.2) is 5.78 Å². The Hall–Kier alpha value is -2.14. The Morgan fingerprint density at radius 2 is 1.71 bits per heavy atom. The number of alkyl halides is 3. The second kappa shape index (κ2) is 7.62. The smallest absolute Gasteiger partial charge is 0.309 e. The molecule has 2 nitrogen and oxygen atoms in total. The zero-order valence-corrected chi connectivity index (χ0v) is 13.7. The summed E-state index contributed by atoms with van der Waals surface area (Å²) in [4.78, 5) is 14.6. The topological polar surface area (TPSA) is 20.3 Å². The highest BCUT2D eigenvalue weighted by molar-refractivity contribution is 5.98. The molecule has 0 aliphatic rings. The lowest BCUT2D eigenvalue weighted by Crippen LogP contribution is -2.30. The number of nitrogens with zero attached hydrogens (tertiary/aromatic N) is 1. The first kappa shape index (κ1) is 18.2. The predicted octanol–water partition coefficient (Wildman–Crippen LogP) is 4.31. The van der Waals surface area contributed by atoms with Crippen molar-refractivity contribution >= 4 is 5.78 Å². The van der Waals surface area contributed by atoms with Gasteiger partial charge in [0, 0.05) is 18.0 Å². The number of hydrogen-bond acceptors (Lipinski definition) is 2.